The van der Waals surface area contributed by atoms with E-state index in [0.717, 1.165) is 57.8 Å². The van der Waals surface area contributed by atoms with Crippen molar-refractivity contribution in [3.8, 4) is 0 Å². The summed E-state index contributed by atoms with van der Waals surface area (Å²) in [5.74, 6) is -5.68. The van der Waals surface area contributed by atoms with Gasteiger partial charge in [0.05, 0.1) is 29.4 Å². The number of hydrogen-bond acceptors (Lipinski definition) is 8. The highest BCUT2D eigenvalue weighted by Crippen LogP contribution is 2.43. The Hall–Kier alpha value is -5.67. The number of rotatable bonds is 7. The molecule has 2 fully saturated rings. The monoisotopic (exact) mass is 847 g/mol. The summed E-state index contributed by atoms with van der Waals surface area (Å²) >= 11 is 0. The second kappa shape index (κ2) is 15.3. The van der Waals surface area contributed by atoms with E-state index in [1.165, 1.54) is 6.07 Å². The van der Waals surface area contributed by atoms with Gasteiger partial charge in [-0.25, -0.2) is 13.2 Å². The zero-order chi connectivity index (χ0) is 43.2. The van der Waals surface area contributed by atoms with E-state index in [0.29, 0.717) is 63.1 Å². The summed E-state index contributed by atoms with van der Waals surface area (Å²) in [5, 5.41) is 3.24. The van der Waals surface area contributed by atoms with E-state index in [1.54, 1.807) is 23.2 Å². The van der Waals surface area contributed by atoms with E-state index in [2.05, 4.69) is 20.2 Å². The Balaban J connectivity index is 0.768. The van der Waals surface area contributed by atoms with Crippen LogP contribution in [0.1, 0.15) is 119 Å². The summed E-state index contributed by atoms with van der Waals surface area (Å²) in [6, 6.07) is 10.9. The average molecular weight is 848 g/mol. The van der Waals surface area contributed by atoms with Crippen LogP contribution in [0.5, 0.6) is 0 Å². The number of likely N-dealkylation sites (tertiary alicyclic amines) is 1. The zero-order valence-electron chi connectivity index (χ0n) is 34.7. The molecule has 0 bridgehead atoms. The molecule has 2 aromatic heterocycles. The molecule has 5 aliphatic heterocycles. The van der Waals surface area contributed by atoms with Gasteiger partial charge in [0, 0.05) is 80.3 Å². The number of fused-ring (bicyclic) bond motifs is 5. The van der Waals surface area contributed by atoms with Gasteiger partial charge < -0.3 is 9.88 Å². The van der Waals surface area contributed by atoms with Gasteiger partial charge in [-0.1, -0.05) is 24.3 Å². The first-order chi connectivity index (χ1) is 29.7. The fraction of sp³-hybridized carbons (Fsp3) is 0.447. The number of carbonyl (C=O) groups excluding carboxylic acids is 5. The molecule has 2 N–H and O–H groups in total. The number of para-hydroxylation sites is 1. The van der Waals surface area contributed by atoms with Crippen LogP contribution in [-0.4, -0.2) is 103 Å². The number of halogens is 3. The molecule has 2 saturated heterocycles. The summed E-state index contributed by atoms with van der Waals surface area (Å²) in [7, 11) is 0. The Morgan fingerprint density at radius 3 is 2.29 bits per heavy atom. The molecular formula is C47H48F3N7O5. The van der Waals surface area contributed by atoms with Crippen molar-refractivity contribution in [3.63, 3.8) is 0 Å². The highest BCUT2D eigenvalue weighted by Gasteiger charge is 2.46. The normalized spacial score (nSPS) is 25.0. The quantitative estimate of drug-likeness (QED) is 0.207. The molecule has 7 heterocycles. The highest BCUT2D eigenvalue weighted by molar-refractivity contribution is 6.23. The number of benzene rings is 2. The third kappa shape index (κ3) is 7.02. The van der Waals surface area contributed by atoms with E-state index in [-0.39, 0.29) is 53.6 Å². The van der Waals surface area contributed by atoms with Gasteiger partial charge in [0.25, 0.3) is 17.7 Å². The van der Waals surface area contributed by atoms with E-state index in [9.17, 15) is 32.8 Å². The Morgan fingerprint density at radius 1 is 0.935 bits per heavy atom. The molecule has 0 radical (unpaired) electrons. The second-order valence-electron chi connectivity index (χ2n) is 18.1. The van der Waals surface area contributed by atoms with Crippen molar-refractivity contribution >= 4 is 46.0 Å². The maximum Gasteiger partial charge on any atom is 0.262 e. The van der Waals surface area contributed by atoms with Crippen LogP contribution in [0, 0.1) is 11.7 Å². The summed E-state index contributed by atoms with van der Waals surface area (Å²) in [4.78, 5) is 79.7. The Morgan fingerprint density at radius 2 is 1.65 bits per heavy atom. The maximum atomic E-state index is 16.3. The van der Waals surface area contributed by atoms with E-state index in [1.807, 2.05) is 42.2 Å². The minimum absolute atomic E-state index is 0.0680. The number of carbonyl (C=O) groups is 5. The second-order valence-corrected chi connectivity index (χ2v) is 18.1. The first-order valence-electron chi connectivity index (χ1n) is 21.7. The van der Waals surface area contributed by atoms with Crippen molar-refractivity contribution in [1.82, 2.24) is 34.9 Å². The van der Waals surface area contributed by atoms with Crippen LogP contribution in [0.2, 0.25) is 0 Å². The SMILES string of the molecule is C[C@@H]1Cc2c([nH]c3ccccc23)[C@@H](c2ncc(C3=CCC(C(=O)N4CCC(N5Cc6cc7c(cc6C5)C(=O)N(C5CCC(=O)NC5=O)C7=O)CC4)CC3)cc2F)N1CC(C)(F)F. The Kier molecular flexibility index (Phi) is 9.97. The number of nitrogens with zero attached hydrogens (tertiary/aromatic N) is 5. The summed E-state index contributed by atoms with van der Waals surface area (Å²) in [5.41, 5.74) is 6.74. The van der Waals surface area contributed by atoms with Crippen molar-refractivity contribution in [1.29, 1.82) is 0 Å². The van der Waals surface area contributed by atoms with Gasteiger partial charge in [0.2, 0.25) is 17.7 Å². The van der Waals surface area contributed by atoms with Crippen molar-refractivity contribution in [2.45, 2.75) is 108 Å². The first-order valence-corrected chi connectivity index (χ1v) is 21.7. The van der Waals surface area contributed by atoms with Crippen molar-refractivity contribution in [3.05, 3.63) is 105 Å². The van der Waals surface area contributed by atoms with Crippen LogP contribution in [0.4, 0.5) is 13.2 Å². The fourth-order valence-corrected chi connectivity index (χ4v) is 10.9. The number of H-pyrrole nitrogens is 1. The minimum atomic E-state index is -2.99. The number of piperidine rings is 2. The molecule has 5 amide bonds. The number of aromatic nitrogens is 2. The lowest BCUT2D eigenvalue weighted by Gasteiger charge is -2.41. The molecule has 4 atom stereocenters. The van der Waals surface area contributed by atoms with Crippen LogP contribution in [0.15, 0.2) is 54.7 Å². The molecule has 1 aliphatic carbocycles. The smallest absolute Gasteiger partial charge is 0.262 e. The predicted molar refractivity (Wildman–Crippen MR) is 222 cm³/mol. The third-order valence-electron chi connectivity index (χ3n) is 14.0. The number of aromatic amines is 1. The van der Waals surface area contributed by atoms with Crippen molar-refractivity contribution < 1.29 is 37.1 Å². The maximum absolute atomic E-state index is 16.3. The fourth-order valence-electron chi connectivity index (χ4n) is 10.9. The number of pyridine rings is 1. The summed E-state index contributed by atoms with van der Waals surface area (Å²) in [6.07, 6.45) is 7.69. The van der Waals surface area contributed by atoms with Gasteiger partial charge in [-0.3, -0.25) is 49.0 Å². The van der Waals surface area contributed by atoms with Gasteiger partial charge in [0.15, 0.2) is 0 Å². The lowest BCUT2D eigenvalue weighted by Crippen LogP contribution is -2.54. The molecule has 0 saturated carbocycles. The van der Waals surface area contributed by atoms with Gasteiger partial charge in [-0.2, -0.15) is 0 Å². The third-order valence-corrected chi connectivity index (χ3v) is 14.0. The average Bonchev–Trinajstić information content (AvgIpc) is 3.91. The van der Waals surface area contributed by atoms with E-state index >= 15 is 4.39 Å². The number of amides is 5. The lowest BCUT2D eigenvalue weighted by molar-refractivity contribution is -0.138. The number of imide groups is 2. The summed E-state index contributed by atoms with van der Waals surface area (Å²) < 4.78 is 45.5. The molecule has 15 heteroatoms. The van der Waals surface area contributed by atoms with Crippen molar-refractivity contribution in [2.24, 2.45) is 5.92 Å². The Bertz CT molecular complexity index is 2550. The Labute approximate surface area is 356 Å². The topological polar surface area (TPSA) is 139 Å². The number of nitrogens with one attached hydrogen (secondary N) is 2. The number of allylic oxidation sites excluding steroid dienone is 2. The standard InChI is InChI=1S/C47H48F3N7O5/c1-25-17-33-32-5-3-4-6-37(32)52-40(33)42(56(25)24-47(2,49)50)41-36(48)20-28(21-51-41)26-7-9-27(10-8-26)44(60)54-15-13-31(14-16-54)55-22-29-18-34-35(19-30(29)23-55)46(62)57(45(34)61)38-11-12-39(58)53-43(38)59/h3-7,18-21,25,27,31,38,42,52H,8-17,22-24H2,1-2H3,(H,53,58,59)/t25-,27?,38?,42+/m1/s1. The molecule has 0 spiro atoms. The predicted octanol–water partition coefficient (Wildman–Crippen LogP) is 6.28. The largest absolute Gasteiger partial charge is 0.357 e. The van der Waals surface area contributed by atoms with Gasteiger partial charge in [0.1, 0.15) is 11.9 Å². The van der Waals surface area contributed by atoms with Gasteiger partial charge in [-0.05, 0) is 104 Å². The van der Waals surface area contributed by atoms with Crippen LogP contribution < -0.4 is 5.32 Å². The molecular weight excluding hydrogens is 800 g/mol. The zero-order valence-corrected chi connectivity index (χ0v) is 34.7. The first kappa shape index (κ1) is 40.4. The molecule has 12 nitrogen and oxygen atoms in total. The number of hydrogen-bond donors (Lipinski definition) is 2. The van der Waals surface area contributed by atoms with Crippen molar-refractivity contribution in [2.75, 3.05) is 19.6 Å². The summed E-state index contributed by atoms with van der Waals surface area (Å²) in [6.45, 7) is 4.72. The van der Waals surface area contributed by atoms with Crippen LogP contribution >= 0.6 is 0 Å². The van der Waals surface area contributed by atoms with E-state index < -0.39 is 54.0 Å². The molecule has 10 rings (SSSR count). The van der Waals surface area contributed by atoms with Gasteiger partial charge in [-0.15, -0.1) is 0 Å². The molecule has 62 heavy (non-hydrogen) atoms. The molecule has 322 valence electrons. The lowest BCUT2D eigenvalue weighted by atomic mass is 9.85. The molecule has 4 aromatic rings. The van der Waals surface area contributed by atoms with Crippen LogP contribution in [0.3, 0.4) is 0 Å². The highest BCUT2D eigenvalue weighted by atomic mass is 19.3. The van der Waals surface area contributed by atoms with Crippen LogP contribution in [0.25, 0.3) is 16.5 Å². The number of alkyl halides is 2. The van der Waals surface area contributed by atoms with Gasteiger partial charge >= 0.3 is 0 Å². The molecule has 2 aromatic carbocycles. The van der Waals surface area contributed by atoms with Crippen LogP contribution in [-0.2, 0) is 33.9 Å². The molecule has 2 unspecified atom stereocenters. The van der Waals surface area contributed by atoms with E-state index in [4.69, 9.17) is 0 Å². The molecule has 6 aliphatic rings. The minimum Gasteiger partial charge on any atom is -0.357 e.